The molecule has 0 saturated carbocycles. The average molecular weight is 152 g/mol. The first-order chi connectivity index (χ1) is 4.88. The predicted molar refractivity (Wildman–Crippen MR) is 43.9 cm³/mol. The Balaban J connectivity index is 2.41. The lowest BCUT2D eigenvalue weighted by Gasteiger charge is -2.11. The van der Waals surface area contributed by atoms with Crippen LogP contribution >= 0.6 is 12.2 Å². The van der Waals surface area contributed by atoms with Crippen molar-refractivity contribution in [1.82, 2.24) is 5.32 Å². The molecule has 2 heterocycles. The molecule has 0 bridgehead atoms. The highest BCUT2D eigenvalue weighted by Crippen LogP contribution is 2.06. The molecule has 0 aliphatic carbocycles. The van der Waals surface area contributed by atoms with Crippen molar-refractivity contribution in [3.05, 3.63) is 0 Å². The molecule has 0 radical (unpaired) electrons. The molecule has 1 N–H and O–H groups in total. The van der Waals surface area contributed by atoms with Crippen LogP contribution in [0.1, 0.15) is 0 Å². The molecule has 2 aliphatic heterocycles. The number of thiocarbonyl (C=S) groups is 1. The van der Waals surface area contributed by atoms with E-state index in [4.69, 9.17) is 12.2 Å². The van der Waals surface area contributed by atoms with Gasteiger partial charge in [-0.15, -0.1) is 0 Å². The topological polar surface area (TPSA) is 49.1 Å². The molecule has 1 atom stereocenters. The Bertz CT molecular complexity index is 265. The van der Waals surface area contributed by atoms with Gasteiger partial charge in [0.1, 0.15) is 17.0 Å². The van der Waals surface area contributed by atoms with Gasteiger partial charge in [0.2, 0.25) is 0 Å². The molecule has 1 unspecified atom stereocenters. The van der Waals surface area contributed by atoms with Gasteiger partial charge in [0.05, 0.1) is 6.34 Å². The molecule has 0 spiro atoms. The van der Waals surface area contributed by atoms with Crippen molar-refractivity contribution in [3.8, 4) is 0 Å². The van der Waals surface area contributed by atoms with Crippen LogP contribution in [0.5, 0.6) is 0 Å². The first-order valence-electron chi connectivity index (χ1n) is 2.80. The number of fused-ring (bicyclic) bond motifs is 1. The summed E-state index contributed by atoms with van der Waals surface area (Å²) >= 11 is 4.93. The maximum Gasteiger partial charge on any atom is 0.188 e. The van der Waals surface area contributed by atoms with E-state index < -0.39 is 0 Å². The second-order valence-corrected chi connectivity index (χ2v) is 2.31. The fourth-order valence-electron chi connectivity index (χ4n) is 0.821. The zero-order chi connectivity index (χ0) is 6.97. The summed E-state index contributed by atoms with van der Waals surface area (Å²) in [5.41, 5.74) is 0.748. The summed E-state index contributed by atoms with van der Waals surface area (Å²) < 4.78 is 0. The first-order valence-corrected chi connectivity index (χ1v) is 3.20. The number of nitrogens with one attached hydrogen (secondary N) is 1. The Kier molecular flexibility index (Phi) is 1.10. The van der Waals surface area contributed by atoms with Gasteiger partial charge in [0, 0.05) is 0 Å². The molecule has 0 aromatic heterocycles. The van der Waals surface area contributed by atoms with E-state index in [1.54, 1.807) is 6.34 Å². The molecule has 5 heteroatoms. The molecule has 0 aromatic carbocycles. The molecule has 0 fully saturated rings. The molecule has 2 rings (SSSR count). The number of nitrogens with zero attached hydrogens (tertiary/aromatic N) is 3. The van der Waals surface area contributed by atoms with Gasteiger partial charge in [-0.2, -0.15) is 0 Å². The van der Waals surface area contributed by atoms with Gasteiger partial charge >= 0.3 is 0 Å². The van der Waals surface area contributed by atoms with Gasteiger partial charge in [0.25, 0.3) is 0 Å². The van der Waals surface area contributed by atoms with Gasteiger partial charge in [-0.3, -0.25) is 0 Å². The Morgan fingerprint density at radius 2 is 2.40 bits per heavy atom. The Labute approximate surface area is 62.8 Å². The molecule has 4 nitrogen and oxygen atoms in total. The zero-order valence-electron chi connectivity index (χ0n) is 4.98. The van der Waals surface area contributed by atoms with Gasteiger partial charge in [-0.1, -0.05) is 12.2 Å². The van der Waals surface area contributed by atoms with Crippen LogP contribution < -0.4 is 5.32 Å². The summed E-state index contributed by atoms with van der Waals surface area (Å²) in [4.78, 5) is 12.5. The van der Waals surface area contributed by atoms with Gasteiger partial charge < -0.3 is 5.32 Å². The lowest BCUT2D eigenvalue weighted by Crippen LogP contribution is -2.37. The number of rotatable bonds is 0. The van der Waals surface area contributed by atoms with Gasteiger partial charge in [0.15, 0.2) is 6.17 Å². The van der Waals surface area contributed by atoms with E-state index in [1.807, 2.05) is 0 Å². The Hall–Kier alpha value is -1.10. The fraction of sp³-hybridized carbons (Fsp3) is 0.200. The smallest absolute Gasteiger partial charge is 0.188 e. The highest BCUT2D eigenvalue weighted by molar-refractivity contribution is 7.82. The van der Waals surface area contributed by atoms with E-state index in [0.29, 0.717) is 4.99 Å². The van der Waals surface area contributed by atoms with Crippen LogP contribution in [0.15, 0.2) is 15.0 Å². The summed E-state index contributed by atoms with van der Waals surface area (Å²) in [6.07, 6.45) is 2.86. The highest BCUT2D eigenvalue weighted by Gasteiger charge is 2.22. The van der Waals surface area contributed by atoms with Crippen molar-refractivity contribution in [2.75, 3.05) is 0 Å². The lowest BCUT2D eigenvalue weighted by molar-refractivity contribution is 0.943. The third-order valence-electron chi connectivity index (χ3n) is 1.29. The molecule has 0 saturated heterocycles. The lowest BCUT2D eigenvalue weighted by atomic mass is 10.3. The van der Waals surface area contributed by atoms with Crippen molar-refractivity contribution in [3.63, 3.8) is 0 Å². The molecular weight excluding hydrogens is 148 g/mol. The number of hydrogen-bond acceptors (Lipinski definition) is 4. The molecule has 2 aliphatic rings. The second-order valence-electron chi connectivity index (χ2n) is 1.90. The SMILES string of the molecule is S=C1NC=NC2N=CN=C12. The Morgan fingerprint density at radius 1 is 1.50 bits per heavy atom. The minimum absolute atomic E-state index is 0.172. The minimum atomic E-state index is -0.172. The van der Waals surface area contributed by atoms with Crippen molar-refractivity contribution in [2.45, 2.75) is 6.17 Å². The van der Waals surface area contributed by atoms with Gasteiger partial charge in [-0.05, 0) is 0 Å². The van der Waals surface area contributed by atoms with Crippen LogP contribution in [0, 0.1) is 0 Å². The highest BCUT2D eigenvalue weighted by atomic mass is 32.1. The van der Waals surface area contributed by atoms with Crippen LogP contribution in [0.3, 0.4) is 0 Å². The van der Waals surface area contributed by atoms with Gasteiger partial charge in [-0.25, -0.2) is 15.0 Å². The van der Waals surface area contributed by atoms with E-state index in [2.05, 4.69) is 20.3 Å². The predicted octanol–water partition coefficient (Wildman–Crippen LogP) is -0.246. The zero-order valence-corrected chi connectivity index (χ0v) is 5.80. The number of aliphatic imine (C=N–C) groups is 3. The number of hydrogen-bond donors (Lipinski definition) is 1. The molecule has 0 aromatic rings. The van der Waals surface area contributed by atoms with E-state index in [1.165, 1.54) is 6.34 Å². The fourth-order valence-corrected chi connectivity index (χ4v) is 1.03. The van der Waals surface area contributed by atoms with Crippen LogP contribution in [0.4, 0.5) is 0 Å². The summed E-state index contributed by atoms with van der Waals surface area (Å²) in [5.74, 6) is 0. The largest absolute Gasteiger partial charge is 0.336 e. The van der Waals surface area contributed by atoms with Crippen LogP contribution in [0.2, 0.25) is 0 Å². The van der Waals surface area contributed by atoms with E-state index in [-0.39, 0.29) is 6.17 Å². The third kappa shape index (κ3) is 0.672. The standard InChI is InChI=1S/C5H4N4S/c10-5-3-4(7-1-6-3)8-2-9-5/h1-2,4H,(H,8,9,10). The molecule has 50 valence electrons. The first kappa shape index (κ1) is 5.67. The Morgan fingerprint density at radius 3 is 3.20 bits per heavy atom. The summed E-state index contributed by atoms with van der Waals surface area (Å²) in [6.45, 7) is 0. The quantitative estimate of drug-likeness (QED) is 0.487. The maximum atomic E-state index is 4.93. The summed E-state index contributed by atoms with van der Waals surface area (Å²) in [7, 11) is 0. The van der Waals surface area contributed by atoms with Crippen LogP contribution in [-0.4, -0.2) is 29.5 Å². The summed E-state index contributed by atoms with van der Waals surface area (Å²) in [5, 5.41) is 2.78. The van der Waals surface area contributed by atoms with E-state index in [0.717, 1.165) is 5.71 Å². The molecule has 10 heavy (non-hydrogen) atoms. The normalized spacial score (nSPS) is 27.8. The van der Waals surface area contributed by atoms with Crippen molar-refractivity contribution < 1.29 is 0 Å². The average Bonchev–Trinajstić information content (AvgIpc) is 2.36. The third-order valence-corrected chi connectivity index (χ3v) is 1.62. The maximum absolute atomic E-state index is 4.93. The van der Waals surface area contributed by atoms with Crippen LogP contribution in [-0.2, 0) is 0 Å². The molecule has 0 amide bonds. The molecular formula is C5H4N4S. The van der Waals surface area contributed by atoms with Crippen molar-refractivity contribution in [2.24, 2.45) is 15.0 Å². The van der Waals surface area contributed by atoms with Crippen LogP contribution in [0.25, 0.3) is 0 Å². The second kappa shape index (κ2) is 1.95. The van der Waals surface area contributed by atoms with Crippen molar-refractivity contribution in [1.29, 1.82) is 0 Å². The van der Waals surface area contributed by atoms with E-state index in [9.17, 15) is 0 Å². The van der Waals surface area contributed by atoms with E-state index >= 15 is 0 Å². The minimum Gasteiger partial charge on any atom is -0.336 e. The van der Waals surface area contributed by atoms with Crippen molar-refractivity contribution >= 4 is 35.6 Å². The summed E-state index contributed by atoms with van der Waals surface area (Å²) in [6, 6.07) is 0. The monoisotopic (exact) mass is 152 g/mol.